The molecule has 2 aromatic rings. The molecule has 0 unspecified atom stereocenters. The standard InChI is InChI=1S/C16H13N3O/c1-11-3-4-13(9-12(11)2)15-6-5-14(10-18)16(20)19(15)8-7-17/h3-6,9H,8H2,1-2H3. The van der Waals surface area contributed by atoms with Crippen molar-refractivity contribution in [1.29, 1.82) is 10.5 Å². The van der Waals surface area contributed by atoms with Gasteiger partial charge in [-0.1, -0.05) is 12.1 Å². The Morgan fingerprint density at radius 3 is 2.45 bits per heavy atom. The summed E-state index contributed by atoms with van der Waals surface area (Å²) < 4.78 is 1.34. The van der Waals surface area contributed by atoms with Crippen LogP contribution in [0.2, 0.25) is 0 Å². The van der Waals surface area contributed by atoms with Gasteiger partial charge in [-0.2, -0.15) is 10.5 Å². The van der Waals surface area contributed by atoms with Crippen molar-refractivity contribution in [1.82, 2.24) is 4.57 Å². The Hall–Kier alpha value is -2.85. The first-order valence-corrected chi connectivity index (χ1v) is 6.17. The molecule has 0 aliphatic heterocycles. The van der Waals surface area contributed by atoms with E-state index in [-0.39, 0.29) is 12.1 Å². The summed E-state index contributed by atoms with van der Waals surface area (Å²) in [7, 11) is 0. The van der Waals surface area contributed by atoms with Crippen molar-refractivity contribution in [2.75, 3.05) is 0 Å². The second kappa shape index (κ2) is 5.42. The number of aromatic nitrogens is 1. The maximum atomic E-state index is 12.1. The first-order chi connectivity index (χ1) is 9.58. The molecule has 0 spiro atoms. The van der Waals surface area contributed by atoms with Gasteiger partial charge in [0.2, 0.25) is 0 Å². The summed E-state index contributed by atoms with van der Waals surface area (Å²) in [5.41, 5.74) is 3.42. The summed E-state index contributed by atoms with van der Waals surface area (Å²) in [6, 6.07) is 12.9. The Bertz CT molecular complexity index is 804. The molecule has 0 atom stereocenters. The molecular formula is C16H13N3O. The topological polar surface area (TPSA) is 69.6 Å². The van der Waals surface area contributed by atoms with E-state index in [0.29, 0.717) is 5.69 Å². The van der Waals surface area contributed by atoms with Gasteiger partial charge in [-0.15, -0.1) is 0 Å². The number of hydrogen-bond donors (Lipinski definition) is 0. The second-order valence-electron chi connectivity index (χ2n) is 4.59. The lowest BCUT2D eigenvalue weighted by Gasteiger charge is -2.11. The molecule has 98 valence electrons. The van der Waals surface area contributed by atoms with Crippen molar-refractivity contribution < 1.29 is 0 Å². The van der Waals surface area contributed by atoms with Gasteiger partial charge in [-0.3, -0.25) is 9.36 Å². The smallest absolute Gasteiger partial charge is 0.269 e. The van der Waals surface area contributed by atoms with Gasteiger partial charge < -0.3 is 0 Å². The first kappa shape index (κ1) is 13.6. The number of nitriles is 2. The molecule has 4 nitrogen and oxygen atoms in total. The van der Waals surface area contributed by atoms with E-state index in [1.807, 2.05) is 44.2 Å². The molecule has 0 amide bonds. The minimum Gasteiger partial charge on any atom is -0.293 e. The maximum Gasteiger partial charge on any atom is 0.269 e. The molecule has 1 aromatic carbocycles. The van der Waals surface area contributed by atoms with Crippen LogP contribution in [-0.2, 0) is 6.54 Å². The predicted octanol–water partition coefficient (Wildman–Crippen LogP) is 2.53. The van der Waals surface area contributed by atoms with Crippen LogP contribution in [0.15, 0.2) is 35.1 Å². The number of pyridine rings is 1. The fraction of sp³-hybridized carbons (Fsp3) is 0.188. The van der Waals surface area contributed by atoms with Crippen molar-refractivity contribution in [2.24, 2.45) is 0 Å². The number of hydrogen-bond acceptors (Lipinski definition) is 3. The summed E-state index contributed by atoms with van der Waals surface area (Å²) in [6.07, 6.45) is 0. The van der Waals surface area contributed by atoms with E-state index >= 15 is 0 Å². The van der Waals surface area contributed by atoms with Gasteiger partial charge in [-0.25, -0.2) is 0 Å². The van der Waals surface area contributed by atoms with Crippen LogP contribution in [0.25, 0.3) is 11.3 Å². The van der Waals surface area contributed by atoms with E-state index in [2.05, 4.69) is 0 Å². The molecule has 20 heavy (non-hydrogen) atoms. The van der Waals surface area contributed by atoms with Crippen LogP contribution in [0.3, 0.4) is 0 Å². The molecule has 0 radical (unpaired) electrons. The molecule has 0 fully saturated rings. The summed E-state index contributed by atoms with van der Waals surface area (Å²) in [6.45, 7) is 3.94. The molecule has 0 N–H and O–H groups in total. The third-order valence-electron chi connectivity index (χ3n) is 3.33. The van der Waals surface area contributed by atoms with Crippen LogP contribution in [0.1, 0.15) is 16.7 Å². The first-order valence-electron chi connectivity index (χ1n) is 6.17. The Labute approximate surface area is 117 Å². The Balaban J connectivity index is 2.71. The highest BCUT2D eigenvalue weighted by molar-refractivity contribution is 5.62. The normalized spacial score (nSPS) is 9.80. The lowest BCUT2D eigenvalue weighted by molar-refractivity contribution is 0.794. The minimum atomic E-state index is -0.426. The SMILES string of the molecule is Cc1ccc(-c2ccc(C#N)c(=O)n2CC#N)cc1C. The summed E-state index contributed by atoms with van der Waals surface area (Å²) >= 11 is 0. The van der Waals surface area contributed by atoms with Crippen molar-refractivity contribution >= 4 is 0 Å². The average molecular weight is 263 g/mol. The highest BCUT2D eigenvalue weighted by Gasteiger charge is 2.10. The Morgan fingerprint density at radius 2 is 1.85 bits per heavy atom. The fourth-order valence-corrected chi connectivity index (χ4v) is 2.04. The molecular weight excluding hydrogens is 250 g/mol. The lowest BCUT2D eigenvalue weighted by atomic mass is 10.0. The van der Waals surface area contributed by atoms with Crippen LogP contribution in [0.4, 0.5) is 0 Å². The zero-order chi connectivity index (χ0) is 14.7. The van der Waals surface area contributed by atoms with E-state index in [1.165, 1.54) is 10.6 Å². The van der Waals surface area contributed by atoms with Crippen molar-refractivity contribution in [2.45, 2.75) is 20.4 Å². The highest BCUT2D eigenvalue weighted by atomic mass is 16.1. The predicted molar refractivity (Wildman–Crippen MR) is 75.9 cm³/mol. The van der Waals surface area contributed by atoms with Crippen LogP contribution < -0.4 is 5.56 Å². The van der Waals surface area contributed by atoms with E-state index in [9.17, 15) is 4.79 Å². The third kappa shape index (κ3) is 2.32. The zero-order valence-electron chi connectivity index (χ0n) is 11.3. The largest absolute Gasteiger partial charge is 0.293 e. The molecule has 0 aliphatic rings. The average Bonchev–Trinajstić information content (AvgIpc) is 2.44. The Kier molecular flexibility index (Phi) is 3.68. The van der Waals surface area contributed by atoms with Crippen molar-refractivity contribution in [3.63, 3.8) is 0 Å². The van der Waals surface area contributed by atoms with E-state index < -0.39 is 5.56 Å². The van der Waals surface area contributed by atoms with Gasteiger partial charge in [0.15, 0.2) is 0 Å². The van der Waals surface area contributed by atoms with E-state index in [1.54, 1.807) is 6.07 Å². The highest BCUT2D eigenvalue weighted by Crippen LogP contribution is 2.21. The monoisotopic (exact) mass is 263 g/mol. The van der Waals surface area contributed by atoms with Crippen molar-refractivity contribution in [3.05, 3.63) is 57.4 Å². The number of nitrogens with zero attached hydrogens (tertiary/aromatic N) is 3. The van der Waals surface area contributed by atoms with E-state index in [4.69, 9.17) is 10.5 Å². The van der Waals surface area contributed by atoms with E-state index in [0.717, 1.165) is 16.7 Å². The fourth-order valence-electron chi connectivity index (χ4n) is 2.04. The van der Waals surface area contributed by atoms with Crippen LogP contribution in [0, 0.1) is 36.5 Å². The lowest BCUT2D eigenvalue weighted by Crippen LogP contribution is -2.23. The maximum absolute atomic E-state index is 12.1. The summed E-state index contributed by atoms with van der Waals surface area (Å²) in [5, 5.41) is 17.8. The molecule has 2 rings (SSSR count). The van der Waals surface area contributed by atoms with Crippen molar-refractivity contribution in [3.8, 4) is 23.4 Å². The van der Waals surface area contributed by atoms with Gasteiger partial charge in [0, 0.05) is 0 Å². The number of aryl methyl sites for hydroxylation is 2. The van der Waals surface area contributed by atoms with Gasteiger partial charge >= 0.3 is 0 Å². The molecule has 0 saturated heterocycles. The van der Waals surface area contributed by atoms with Crippen LogP contribution in [0.5, 0.6) is 0 Å². The minimum absolute atomic E-state index is 0.0489. The number of rotatable bonds is 2. The molecule has 0 saturated carbocycles. The molecule has 1 aromatic heterocycles. The van der Waals surface area contributed by atoms with Crippen LogP contribution >= 0.6 is 0 Å². The van der Waals surface area contributed by atoms with Gasteiger partial charge in [-0.05, 0) is 48.7 Å². The van der Waals surface area contributed by atoms with Gasteiger partial charge in [0.05, 0.1) is 11.8 Å². The number of benzene rings is 1. The van der Waals surface area contributed by atoms with Crippen LogP contribution in [-0.4, -0.2) is 4.57 Å². The van der Waals surface area contributed by atoms with Gasteiger partial charge in [0.1, 0.15) is 18.2 Å². The van der Waals surface area contributed by atoms with Gasteiger partial charge in [0.25, 0.3) is 5.56 Å². The Morgan fingerprint density at radius 1 is 1.10 bits per heavy atom. The molecule has 1 heterocycles. The molecule has 0 bridgehead atoms. The quantitative estimate of drug-likeness (QED) is 0.836. The summed E-state index contributed by atoms with van der Waals surface area (Å²) in [5.74, 6) is 0. The second-order valence-corrected chi connectivity index (χ2v) is 4.59. The summed E-state index contributed by atoms with van der Waals surface area (Å²) in [4.78, 5) is 12.1. The zero-order valence-corrected chi connectivity index (χ0v) is 11.3. The molecule has 4 heteroatoms. The molecule has 0 aliphatic carbocycles. The third-order valence-corrected chi connectivity index (χ3v) is 3.33.